The highest BCUT2D eigenvalue weighted by atomic mass is 19.3. The summed E-state index contributed by atoms with van der Waals surface area (Å²) in [5.41, 5.74) is 3.13. The molecule has 0 aliphatic heterocycles. The normalized spacial score (nSPS) is 10.8. The lowest BCUT2D eigenvalue weighted by Crippen LogP contribution is -2.14. The van der Waals surface area contributed by atoms with Crippen LogP contribution in [0.3, 0.4) is 0 Å². The second kappa shape index (κ2) is 10.9. The van der Waals surface area contributed by atoms with Crippen LogP contribution in [0, 0.1) is 13.8 Å². The van der Waals surface area contributed by atoms with Gasteiger partial charge < -0.3 is 24.3 Å². The van der Waals surface area contributed by atoms with Gasteiger partial charge in [0.2, 0.25) is 0 Å². The third-order valence-corrected chi connectivity index (χ3v) is 5.12. The maximum absolute atomic E-state index is 12.9. The molecule has 1 N–H and O–H groups in total. The van der Waals surface area contributed by atoms with Crippen molar-refractivity contribution in [2.45, 2.75) is 33.9 Å². The number of carbonyl (C=O) groups is 1. The Morgan fingerprint density at radius 3 is 2.38 bits per heavy atom. The molecule has 0 saturated heterocycles. The van der Waals surface area contributed by atoms with Crippen LogP contribution in [-0.2, 0) is 6.54 Å². The second-order valence-electron chi connectivity index (χ2n) is 7.32. The van der Waals surface area contributed by atoms with E-state index < -0.39 is 12.5 Å². The molecule has 0 aliphatic carbocycles. The van der Waals surface area contributed by atoms with Gasteiger partial charge in [-0.15, -0.1) is 0 Å². The van der Waals surface area contributed by atoms with E-state index in [9.17, 15) is 13.6 Å². The molecule has 1 aromatic heterocycles. The van der Waals surface area contributed by atoms with Gasteiger partial charge >= 0.3 is 6.61 Å². The predicted octanol–water partition coefficient (Wildman–Crippen LogP) is 4.82. The molecule has 1 heterocycles. The van der Waals surface area contributed by atoms with Gasteiger partial charge in [-0.25, -0.2) is 0 Å². The lowest BCUT2D eigenvalue weighted by Gasteiger charge is -2.13. The van der Waals surface area contributed by atoms with Crippen LogP contribution in [0.5, 0.6) is 23.0 Å². The van der Waals surface area contributed by atoms with Crippen molar-refractivity contribution in [3.05, 3.63) is 58.9 Å². The summed E-state index contributed by atoms with van der Waals surface area (Å²) in [4.78, 5) is 12.9. The largest absolute Gasteiger partial charge is 0.493 e. The van der Waals surface area contributed by atoms with Crippen LogP contribution in [0.2, 0.25) is 0 Å². The van der Waals surface area contributed by atoms with E-state index in [1.807, 2.05) is 25.1 Å². The van der Waals surface area contributed by atoms with Crippen LogP contribution in [0.25, 0.3) is 0 Å². The summed E-state index contributed by atoms with van der Waals surface area (Å²) in [6, 6.07) is 9.65. The van der Waals surface area contributed by atoms with E-state index in [0.29, 0.717) is 29.4 Å². The van der Waals surface area contributed by atoms with Gasteiger partial charge in [-0.1, -0.05) is 6.07 Å². The van der Waals surface area contributed by atoms with Crippen molar-refractivity contribution in [1.82, 2.24) is 9.78 Å². The molecule has 0 atom stereocenters. The Hall–Kier alpha value is -3.82. The quantitative estimate of drug-likeness (QED) is 0.453. The summed E-state index contributed by atoms with van der Waals surface area (Å²) in [5, 5.41) is 7.41. The Balaban J connectivity index is 1.82. The van der Waals surface area contributed by atoms with Crippen LogP contribution < -0.4 is 24.3 Å². The molecule has 1 amide bonds. The molecule has 0 radical (unpaired) electrons. The number of halogens is 2. The number of ether oxygens (including phenoxy) is 4. The summed E-state index contributed by atoms with van der Waals surface area (Å²) in [6.45, 7) is 3.03. The monoisotopic (exact) mass is 475 g/mol. The van der Waals surface area contributed by atoms with Crippen molar-refractivity contribution in [3.63, 3.8) is 0 Å². The molecule has 0 spiro atoms. The molecule has 2 aromatic carbocycles. The molecule has 0 saturated carbocycles. The minimum absolute atomic E-state index is 0.0630. The predicted molar refractivity (Wildman–Crippen MR) is 123 cm³/mol. The van der Waals surface area contributed by atoms with Crippen molar-refractivity contribution >= 4 is 11.6 Å². The fourth-order valence-electron chi connectivity index (χ4n) is 3.48. The molecule has 34 heavy (non-hydrogen) atoms. The number of aromatic nitrogens is 2. The molecule has 8 nitrogen and oxygen atoms in total. The summed E-state index contributed by atoms with van der Waals surface area (Å²) < 4.78 is 47.5. The number of carbonyl (C=O) groups excluding carboxylic acids is 1. The van der Waals surface area contributed by atoms with E-state index in [0.717, 1.165) is 11.3 Å². The van der Waals surface area contributed by atoms with Crippen LogP contribution in [0.1, 0.15) is 34.2 Å². The molecular weight excluding hydrogens is 448 g/mol. The number of methoxy groups -OCH3 is 2. The number of aryl methyl sites for hydroxylation is 1. The van der Waals surface area contributed by atoms with Gasteiger partial charge in [0.05, 0.1) is 44.4 Å². The Kier molecular flexibility index (Phi) is 7.93. The van der Waals surface area contributed by atoms with E-state index in [1.54, 1.807) is 32.7 Å². The average molecular weight is 475 g/mol. The van der Waals surface area contributed by atoms with Gasteiger partial charge in [-0.05, 0) is 56.7 Å². The van der Waals surface area contributed by atoms with Crippen molar-refractivity contribution in [2.24, 2.45) is 0 Å². The van der Waals surface area contributed by atoms with E-state index in [2.05, 4.69) is 15.2 Å². The maximum atomic E-state index is 12.9. The lowest BCUT2D eigenvalue weighted by molar-refractivity contribution is -0.0514. The van der Waals surface area contributed by atoms with E-state index in [1.165, 1.54) is 18.2 Å². The number of hydrogen-bond acceptors (Lipinski definition) is 6. The van der Waals surface area contributed by atoms with E-state index in [-0.39, 0.29) is 23.7 Å². The molecule has 0 aliphatic rings. The number of anilines is 1. The van der Waals surface area contributed by atoms with Gasteiger partial charge in [0, 0.05) is 5.56 Å². The van der Waals surface area contributed by atoms with E-state index >= 15 is 0 Å². The third kappa shape index (κ3) is 5.56. The standard InChI is InChI=1S/C24H27F2N3O5/c1-6-33-21-12-17(8-10-19(21)34-24(25)26)23(30)27-22-14(2)28-29(15(22)3)13-16-7-9-18(31-4)20(11-16)32-5/h7-12,24H,6,13H2,1-5H3,(H,27,30). The van der Waals surface area contributed by atoms with Crippen LogP contribution >= 0.6 is 0 Å². The number of hydrogen-bond donors (Lipinski definition) is 1. The maximum Gasteiger partial charge on any atom is 0.387 e. The number of rotatable bonds is 10. The Bertz CT molecular complexity index is 1160. The highest BCUT2D eigenvalue weighted by Gasteiger charge is 2.19. The number of amides is 1. The van der Waals surface area contributed by atoms with Gasteiger partial charge in [0.25, 0.3) is 5.91 Å². The topological polar surface area (TPSA) is 83.8 Å². The first-order valence-corrected chi connectivity index (χ1v) is 10.5. The molecule has 0 unspecified atom stereocenters. The summed E-state index contributed by atoms with van der Waals surface area (Å²) >= 11 is 0. The van der Waals surface area contributed by atoms with Gasteiger partial charge in [0.1, 0.15) is 0 Å². The zero-order valence-corrected chi connectivity index (χ0v) is 19.6. The van der Waals surface area contributed by atoms with Crippen molar-refractivity contribution < 1.29 is 32.5 Å². The summed E-state index contributed by atoms with van der Waals surface area (Å²) in [7, 11) is 3.14. The highest BCUT2D eigenvalue weighted by molar-refractivity contribution is 6.05. The lowest BCUT2D eigenvalue weighted by atomic mass is 10.1. The number of nitrogens with one attached hydrogen (secondary N) is 1. The molecule has 3 rings (SSSR count). The van der Waals surface area contributed by atoms with E-state index in [4.69, 9.17) is 14.2 Å². The zero-order chi connectivity index (χ0) is 24.8. The van der Waals surface area contributed by atoms with Crippen LogP contribution in [0.15, 0.2) is 36.4 Å². The summed E-state index contributed by atoms with van der Waals surface area (Å²) in [5.74, 6) is 0.737. The van der Waals surface area contributed by atoms with Crippen molar-refractivity contribution in [2.75, 3.05) is 26.1 Å². The van der Waals surface area contributed by atoms with Crippen LogP contribution in [-0.4, -0.2) is 43.1 Å². The highest BCUT2D eigenvalue weighted by Crippen LogP contribution is 2.31. The Labute approximate surface area is 196 Å². The minimum Gasteiger partial charge on any atom is -0.493 e. The zero-order valence-electron chi connectivity index (χ0n) is 19.6. The molecule has 10 heteroatoms. The van der Waals surface area contributed by atoms with Crippen LogP contribution in [0.4, 0.5) is 14.5 Å². The minimum atomic E-state index is -3.00. The van der Waals surface area contributed by atoms with Crippen molar-refractivity contribution in [3.8, 4) is 23.0 Å². The van der Waals surface area contributed by atoms with Crippen molar-refractivity contribution in [1.29, 1.82) is 0 Å². The smallest absolute Gasteiger partial charge is 0.387 e. The molecule has 0 fully saturated rings. The Morgan fingerprint density at radius 2 is 1.74 bits per heavy atom. The first kappa shape index (κ1) is 24.8. The SMILES string of the molecule is CCOc1cc(C(=O)Nc2c(C)nn(Cc3ccc(OC)c(OC)c3)c2C)ccc1OC(F)F. The number of benzene rings is 2. The number of nitrogens with zero attached hydrogens (tertiary/aromatic N) is 2. The molecule has 0 bridgehead atoms. The summed E-state index contributed by atoms with van der Waals surface area (Å²) in [6.07, 6.45) is 0. The second-order valence-corrected chi connectivity index (χ2v) is 7.32. The van der Waals surface area contributed by atoms with Gasteiger partial charge in [-0.3, -0.25) is 9.48 Å². The fraction of sp³-hybridized carbons (Fsp3) is 0.333. The first-order valence-electron chi connectivity index (χ1n) is 10.5. The molecule has 182 valence electrons. The Morgan fingerprint density at radius 1 is 1.03 bits per heavy atom. The third-order valence-electron chi connectivity index (χ3n) is 5.12. The number of alkyl halides is 2. The average Bonchev–Trinajstić information content (AvgIpc) is 3.07. The van der Waals surface area contributed by atoms with Gasteiger partial charge in [-0.2, -0.15) is 13.9 Å². The fourth-order valence-corrected chi connectivity index (χ4v) is 3.48. The molecular formula is C24H27F2N3O5. The van der Waals surface area contributed by atoms with Gasteiger partial charge in [0.15, 0.2) is 23.0 Å². The first-order chi connectivity index (χ1) is 16.3. The molecule has 3 aromatic rings.